The molecular weight excluding hydrogens is 294 g/mol. The molecule has 3 atom stereocenters. The molecule has 1 unspecified atom stereocenters. The molecule has 1 saturated heterocycles. The summed E-state index contributed by atoms with van der Waals surface area (Å²) in [6.07, 6.45) is 2.24. The lowest BCUT2D eigenvalue weighted by Crippen LogP contribution is -2.46. The van der Waals surface area contributed by atoms with Crippen molar-refractivity contribution in [3.8, 4) is 6.07 Å². The molecule has 1 saturated carbocycles. The van der Waals surface area contributed by atoms with Gasteiger partial charge in [-0.15, -0.1) is 0 Å². The van der Waals surface area contributed by atoms with Gasteiger partial charge in [-0.05, 0) is 25.7 Å². The topological polar surface area (TPSA) is 102 Å². The minimum atomic E-state index is -3.72. The maximum Gasteiger partial charge on any atom is 0.311 e. The number of hydrogen-bond acceptors (Lipinski definition) is 4. The van der Waals surface area contributed by atoms with Crippen LogP contribution in [0.1, 0.15) is 32.6 Å². The van der Waals surface area contributed by atoms with E-state index in [0.717, 1.165) is 12.8 Å². The van der Waals surface area contributed by atoms with Gasteiger partial charge in [0.2, 0.25) is 0 Å². The van der Waals surface area contributed by atoms with E-state index in [1.165, 1.54) is 15.7 Å². The third kappa shape index (κ3) is 2.54. The molecule has 0 amide bonds. The van der Waals surface area contributed by atoms with E-state index >= 15 is 0 Å². The predicted molar refractivity (Wildman–Crippen MR) is 75.4 cm³/mol. The Morgan fingerprint density at radius 3 is 2.81 bits per heavy atom. The molecule has 7 nitrogen and oxygen atoms in total. The number of carbonyl (C=O) groups is 1. The lowest BCUT2D eigenvalue weighted by molar-refractivity contribution is -0.149. The van der Waals surface area contributed by atoms with E-state index in [4.69, 9.17) is 5.26 Å². The van der Waals surface area contributed by atoms with Crippen molar-refractivity contribution in [2.45, 2.75) is 38.6 Å². The summed E-state index contributed by atoms with van der Waals surface area (Å²) in [6.45, 7) is 1.97. The van der Waals surface area contributed by atoms with E-state index in [2.05, 4.69) is 0 Å². The van der Waals surface area contributed by atoms with Crippen LogP contribution in [0.5, 0.6) is 0 Å². The third-order valence-electron chi connectivity index (χ3n) is 4.96. The summed E-state index contributed by atoms with van der Waals surface area (Å²) in [7, 11) is -2.28. The van der Waals surface area contributed by atoms with Crippen molar-refractivity contribution in [1.29, 1.82) is 5.26 Å². The molecule has 2 rings (SSSR count). The van der Waals surface area contributed by atoms with Crippen molar-refractivity contribution in [2.75, 3.05) is 20.1 Å². The van der Waals surface area contributed by atoms with Crippen LogP contribution in [-0.4, -0.2) is 54.3 Å². The molecule has 1 N–H and O–H groups in total. The van der Waals surface area contributed by atoms with E-state index in [-0.39, 0.29) is 25.4 Å². The van der Waals surface area contributed by atoms with Gasteiger partial charge in [-0.25, -0.2) is 0 Å². The van der Waals surface area contributed by atoms with Crippen molar-refractivity contribution in [3.05, 3.63) is 0 Å². The van der Waals surface area contributed by atoms with Crippen LogP contribution in [0.2, 0.25) is 0 Å². The average molecular weight is 315 g/mol. The standard InChI is InChI=1S/C13H21N3O4S/c1-10(5-7-14)15(2)21(19,20)16-8-11-4-3-6-13(11,9-16)12(17)18/h10-11H,3-6,8-9H2,1-2H3,(H,17,18)/t10?,11-,13+/m0/s1. The SMILES string of the molecule is CC(CC#N)N(C)S(=O)(=O)N1C[C@@H]2CCC[C@@]2(C(=O)O)C1. The molecule has 1 aliphatic heterocycles. The Labute approximate surface area is 125 Å². The third-order valence-corrected chi connectivity index (χ3v) is 6.98. The highest BCUT2D eigenvalue weighted by atomic mass is 32.2. The molecule has 0 bridgehead atoms. The summed E-state index contributed by atoms with van der Waals surface area (Å²) < 4.78 is 27.6. The zero-order valence-corrected chi connectivity index (χ0v) is 13.1. The number of aliphatic carboxylic acids is 1. The fourth-order valence-corrected chi connectivity index (χ4v) is 5.09. The zero-order chi connectivity index (χ0) is 15.8. The van der Waals surface area contributed by atoms with Crippen LogP contribution in [0.25, 0.3) is 0 Å². The van der Waals surface area contributed by atoms with Gasteiger partial charge in [-0.3, -0.25) is 4.79 Å². The van der Waals surface area contributed by atoms with Crippen LogP contribution in [0.3, 0.4) is 0 Å². The summed E-state index contributed by atoms with van der Waals surface area (Å²) in [5.74, 6) is -1.00. The van der Waals surface area contributed by atoms with Crippen molar-refractivity contribution >= 4 is 16.2 Å². The van der Waals surface area contributed by atoms with E-state index in [9.17, 15) is 18.3 Å². The van der Waals surface area contributed by atoms with Gasteiger partial charge in [0.05, 0.1) is 17.9 Å². The second-order valence-electron chi connectivity index (χ2n) is 6.08. The zero-order valence-electron chi connectivity index (χ0n) is 12.3. The summed E-state index contributed by atoms with van der Waals surface area (Å²) >= 11 is 0. The van der Waals surface area contributed by atoms with Crippen LogP contribution in [-0.2, 0) is 15.0 Å². The Hall–Kier alpha value is -1.17. The lowest BCUT2D eigenvalue weighted by Gasteiger charge is -2.29. The second-order valence-corrected chi connectivity index (χ2v) is 8.07. The maximum atomic E-state index is 12.6. The maximum absolute atomic E-state index is 12.6. The first-order chi connectivity index (χ1) is 9.75. The van der Waals surface area contributed by atoms with Crippen molar-refractivity contribution < 1.29 is 18.3 Å². The number of rotatable bonds is 5. The molecule has 21 heavy (non-hydrogen) atoms. The van der Waals surface area contributed by atoms with Crippen molar-refractivity contribution in [1.82, 2.24) is 8.61 Å². The molecule has 0 spiro atoms. The molecule has 118 valence electrons. The van der Waals surface area contributed by atoms with Crippen LogP contribution in [0, 0.1) is 22.7 Å². The molecule has 0 aromatic heterocycles. The van der Waals surface area contributed by atoms with Gasteiger partial charge in [0.25, 0.3) is 10.2 Å². The first kappa shape index (κ1) is 16.2. The minimum Gasteiger partial charge on any atom is -0.481 e. The first-order valence-corrected chi connectivity index (χ1v) is 8.49. The van der Waals surface area contributed by atoms with E-state index < -0.39 is 27.6 Å². The molecule has 8 heteroatoms. The number of carboxylic acids is 1. The Balaban J connectivity index is 2.21. The Morgan fingerprint density at radius 1 is 1.62 bits per heavy atom. The van der Waals surface area contributed by atoms with Crippen LogP contribution in [0.4, 0.5) is 0 Å². The molecule has 0 aromatic rings. The van der Waals surface area contributed by atoms with Gasteiger partial charge >= 0.3 is 5.97 Å². The van der Waals surface area contributed by atoms with Crippen LogP contribution >= 0.6 is 0 Å². The number of nitrogens with zero attached hydrogens (tertiary/aromatic N) is 3. The van der Waals surface area contributed by atoms with E-state index in [1.54, 1.807) is 6.92 Å². The lowest BCUT2D eigenvalue weighted by atomic mass is 9.81. The minimum absolute atomic E-state index is 0.0406. The van der Waals surface area contributed by atoms with Crippen molar-refractivity contribution in [3.63, 3.8) is 0 Å². The Morgan fingerprint density at radius 2 is 2.29 bits per heavy atom. The molecular formula is C13H21N3O4S. The smallest absolute Gasteiger partial charge is 0.311 e. The average Bonchev–Trinajstić information content (AvgIpc) is 2.95. The largest absolute Gasteiger partial charge is 0.481 e. The van der Waals surface area contributed by atoms with Gasteiger partial charge in [0.1, 0.15) is 0 Å². The summed E-state index contributed by atoms with van der Waals surface area (Å²) in [5.41, 5.74) is -0.924. The summed E-state index contributed by atoms with van der Waals surface area (Å²) in [6, 6.07) is 1.53. The molecule has 2 fully saturated rings. The number of nitriles is 1. The fraction of sp³-hybridized carbons (Fsp3) is 0.846. The summed E-state index contributed by atoms with van der Waals surface area (Å²) in [4.78, 5) is 11.6. The first-order valence-electron chi connectivity index (χ1n) is 7.09. The van der Waals surface area contributed by atoms with Gasteiger partial charge < -0.3 is 5.11 Å². The molecule has 1 aliphatic carbocycles. The summed E-state index contributed by atoms with van der Waals surface area (Å²) in [5, 5.41) is 18.2. The van der Waals surface area contributed by atoms with Gasteiger partial charge in [-0.2, -0.15) is 22.3 Å². The molecule has 2 aliphatic rings. The predicted octanol–water partition coefficient (Wildman–Crippen LogP) is 0.652. The highest BCUT2D eigenvalue weighted by Crippen LogP contribution is 2.49. The highest BCUT2D eigenvalue weighted by molar-refractivity contribution is 7.86. The molecule has 1 heterocycles. The van der Waals surface area contributed by atoms with Crippen molar-refractivity contribution in [2.24, 2.45) is 11.3 Å². The fourth-order valence-electron chi connectivity index (χ4n) is 3.44. The van der Waals surface area contributed by atoms with Crippen LogP contribution < -0.4 is 0 Å². The second kappa shape index (κ2) is 5.55. The normalized spacial score (nSPS) is 31.0. The van der Waals surface area contributed by atoms with Crippen LogP contribution in [0.15, 0.2) is 0 Å². The van der Waals surface area contributed by atoms with Gasteiger partial charge in [-0.1, -0.05) is 6.42 Å². The molecule has 0 radical (unpaired) electrons. The highest BCUT2D eigenvalue weighted by Gasteiger charge is 2.57. The quantitative estimate of drug-likeness (QED) is 0.802. The monoisotopic (exact) mass is 315 g/mol. The molecule has 0 aromatic carbocycles. The number of hydrogen-bond donors (Lipinski definition) is 1. The van der Waals surface area contributed by atoms with Gasteiger partial charge in [0.15, 0.2) is 0 Å². The van der Waals surface area contributed by atoms with E-state index in [0.29, 0.717) is 6.42 Å². The van der Waals surface area contributed by atoms with E-state index in [1.807, 2.05) is 6.07 Å². The Bertz CT molecular complexity index is 570. The number of fused-ring (bicyclic) bond motifs is 1. The number of carboxylic acid groups (broad SMARTS) is 1. The van der Waals surface area contributed by atoms with Gasteiger partial charge in [0, 0.05) is 26.2 Å². The Kier molecular flexibility index (Phi) is 4.29.